The molecular formula is C74H97N9O18. The monoisotopic (exact) mass is 1400 g/mol. The lowest BCUT2D eigenvalue weighted by molar-refractivity contribution is -0.170. The van der Waals surface area contributed by atoms with Gasteiger partial charge in [0, 0.05) is 136 Å². The number of ketones is 2. The summed E-state index contributed by atoms with van der Waals surface area (Å²) in [5.74, 6) is -11.4. The van der Waals surface area contributed by atoms with Crippen molar-refractivity contribution in [2.24, 2.45) is 41.2 Å². The highest BCUT2D eigenvalue weighted by Crippen LogP contribution is 2.47. The minimum absolute atomic E-state index is 0.00934. The minimum atomic E-state index is -2.12. The zero-order valence-corrected chi connectivity index (χ0v) is 59.9. The number of piperidine rings is 1. The maximum atomic E-state index is 15.2. The van der Waals surface area contributed by atoms with Crippen molar-refractivity contribution in [2.75, 3.05) is 49.3 Å². The van der Waals surface area contributed by atoms with Crippen LogP contribution >= 0.6 is 0 Å². The number of primary amides is 1. The molecule has 101 heavy (non-hydrogen) atoms. The molecule has 27 heteroatoms. The largest absolute Gasteiger partial charge is 0.507 e. The van der Waals surface area contributed by atoms with Gasteiger partial charge in [0.2, 0.25) is 34.4 Å². The van der Waals surface area contributed by atoms with Crippen molar-refractivity contribution in [2.45, 2.75) is 182 Å². The highest BCUT2D eigenvalue weighted by Gasteiger charge is 2.56. The van der Waals surface area contributed by atoms with Gasteiger partial charge in [-0.3, -0.25) is 48.1 Å². The fourth-order valence-corrected chi connectivity index (χ4v) is 13.5. The van der Waals surface area contributed by atoms with E-state index in [-0.39, 0.29) is 101 Å². The number of rotatable bonds is 20. The van der Waals surface area contributed by atoms with E-state index in [4.69, 9.17) is 34.1 Å². The lowest BCUT2D eigenvalue weighted by Gasteiger charge is -2.38. The molecule has 5 bridgehead atoms. The normalized spacial score (nSPS) is 25.6. The topological polar surface area (TPSA) is 387 Å². The van der Waals surface area contributed by atoms with E-state index in [1.807, 2.05) is 24.1 Å². The predicted octanol–water partition coefficient (Wildman–Crippen LogP) is 6.09. The summed E-state index contributed by atoms with van der Waals surface area (Å²) in [6, 6.07) is 7.59. The first-order valence-corrected chi connectivity index (χ1v) is 34.4. The Balaban J connectivity index is 1.04. The molecule has 8 rings (SSSR count). The molecule has 0 spiro atoms. The quantitative estimate of drug-likeness (QED) is 0.0274. The Bertz CT molecular complexity index is 4140. The highest BCUT2D eigenvalue weighted by molar-refractivity contribution is 6.10. The van der Waals surface area contributed by atoms with Crippen LogP contribution in [0, 0.1) is 35.5 Å². The second-order valence-electron chi connectivity index (χ2n) is 27.9. The number of esters is 1. The van der Waals surface area contributed by atoms with Crippen molar-refractivity contribution in [1.82, 2.24) is 25.8 Å². The summed E-state index contributed by atoms with van der Waals surface area (Å²) in [6.07, 6.45) is 4.88. The summed E-state index contributed by atoms with van der Waals surface area (Å²) in [7, 11) is 3.42. The first-order chi connectivity index (χ1) is 47.7. The van der Waals surface area contributed by atoms with E-state index in [1.165, 1.54) is 59.3 Å². The van der Waals surface area contributed by atoms with Gasteiger partial charge in [-0.25, -0.2) is 9.78 Å². The number of nitrogens with two attached hydrogens (primary N) is 1. The molecule has 3 aliphatic heterocycles. The van der Waals surface area contributed by atoms with E-state index < -0.39 is 141 Å². The second kappa shape index (κ2) is 33.0. The van der Waals surface area contributed by atoms with Gasteiger partial charge in [0.05, 0.1) is 29.8 Å². The van der Waals surface area contributed by atoms with Crippen molar-refractivity contribution in [3.05, 3.63) is 121 Å². The van der Waals surface area contributed by atoms with Crippen molar-refractivity contribution in [1.29, 1.82) is 0 Å². The summed E-state index contributed by atoms with van der Waals surface area (Å²) in [6.45, 7) is 21.1. The molecule has 1 aliphatic carbocycles. The number of fused-ring (bicyclic) bond motifs is 5. The average Bonchev–Trinajstić information content (AvgIpc) is 1.65. The molecule has 27 nitrogen and oxygen atoms in total. The van der Waals surface area contributed by atoms with Crippen molar-refractivity contribution in [3.8, 4) is 0 Å². The second-order valence-corrected chi connectivity index (χ2v) is 27.9. The Hall–Kier alpha value is -9.31. The van der Waals surface area contributed by atoms with Gasteiger partial charge in [0.15, 0.2) is 16.7 Å². The number of Topliss-reactive ketones (excluding diaryl/α,β-unsaturated/α-hetero) is 2. The number of hydrogen-bond acceptors (Lipinski definition) is 21. The van der Waals surface area contributed by atoms with Crippen LogP contribution in [0.25, 0.3) is 28.0 Å². The first kappa shape index (κ1) is 77.4. The molecule has 1 unspecified atom stereocenters. The van der Waals surface area contributed by atoms with Gasteiger partial charge in [0.1, 0.15) is 52.6 Å². The molecule has 4 aromatic rings. The molecule has 3 aromatic carbocycles. The number of hydrogen-bond donors (Lipinski definition) is 9. The third kappa shape index (κ3) is 17.7. The third-order valence-corrected chi connectivity index (χ3v) is 19.8. The number of anilines is 3. The molecule has 4 aliphatic rings. The Kier molecular flexibility index (Phi) is 25.3. The van der Waals surface area contributed by atoms with Gasteiger partial charge in [0.25, 0.3) is 5.91 Å². The van der Waals surface area contributed by atoms with Gasteiger partial charge in [-0.1, -0.05) is 85.8 Å². The molecule has 6 amide bonds. The van der Waals surface area contributed by atoms with Crippen LogP contribution in [0.3, 0.4) is 0 Å². The first-order valence-electron chi connectivity index (χ1n) is 34.4. The minimum Gasteiger partial charge on any atom is -0.507 e. The zero-order chi connectivity index (χ0) is 74.2. The number of benzene rings is 3. The van der Waals surface area contributed by atoms with Gasteiger partial charge in [-0.05, 0) is 76.3 Å². The molecular weight excluding hydrogens is 1300 g/mol. The van der Waals surface area contributed by atoms with Crippen LogP contribution in [0.1, 0.15) is 139 Å². The maximum absolute atomic E-state index is 15.2. The molecule has 10 N–H and O–H groups in total. The highest BCUT2D eigenvalue weighted by atomic mass is 16.7. The number of urea groups is 1. The Labute approximate surface area is 586 Å². The maximum Gasteiger partial charge on any atom is 0.312 e. The zero-order valence-electron chi connectivity index (χ0n) is 59.9. The molecule has 1 aromatic heterocycles. The van der Waals surface area contributed by atoms with Crippen LogP contribution in [0.2, 0.25) is 0 Å². The van der Waals surface area contributed by atoms with Crippen molar-refractivity contribution < 1.29 is 77.0 Å². The van der Waals surface area contributed by atoms with E-state index in [2.05, 4.69) is 31.5 Å². The molecule has 2 fully saturated rings. The summed E-state index contributed by atoms with van der Waals surface area (Å²) in [4.78, 5) is 145. The molecule has 546 valence electrons. The number of amides is 6. The van der Waals surface area contributed by atoms with Crippen LogP contribution in [0.4, 0.5) is 21.9 Å². The summed E-state index contributed by atoms with van der Waals surface area (Å²) < 4.78 is 30.7. The molecule has 0 radical (unpaired) electrons. The third-order valence-electron chi connectivity index (χ3n) is 19.8. The van der Waals surface area contributed by atoms with E-state index in [0.29, 0.717) is 43.9 Å². The number of aliphatic hydroxyl groups is 3. The number of ether oxygens (including phenoxy) is 4. The number of aliphatic hydroxyl groups excluding tert-OH is 3. The van der Waals surface area contributed by atoms with Gasteiger partial charge >= 0.3 is 17.8 Å². The Morgan fingerprint density at radius 2 is 1.57 bits per heavy atom. The summed E-state index contributed by atoms with van der Waals surface area (Å²) in [5.41, 5.74) is 4.41. The molecule has 2 saturated heterocycles. The van der Waals surface area contributed by atoms with Crippen molar-refractivity contribution in [3.63, 3.8) is 0 Å². The SMILES string of the molecule is CO[C@H]1/C=C/O[C@@]2(C)OC3=C(C)C(O)=c4c(c5nc6c(=O)cc(N7CCC(N(C)Cc8ccc(NC(=O)[C@H](CCCNC(N)=O)NC(=O)[C@@H](NC(=O)CCC(=O)C(C)C)C(C)C)cc8)CC7)cc6oc5c(c4=O)NC(=O)/C(C)=C\C=C\[C@H](C)[C@H](O)[C@@H](C)[C@@H](O)[C@@H](C)[C@H](OC(C)=O)[C@@H]1C)C3C2=O. The van der Waals surface area contributed by atoms with Gasteiger partial charge in [-0.15, -0.1) is 0 Å². The standard InChI is InChI=1S/C74H97N9O18/c1-36(2)50(85)24-25-54(87)79-58(37(3)4)72(95)78-49(19-16-29-76-73(75)96)71(94)77-46-22-20-45(21-23-46)35-82(13)47-26-30-83(31-27-47)48-33-51(86)59-53(34-48)100-68-60(80-59)55-56-64(90)43(10)67-57(55)69(92)74(12,101-67)98-32-28-52(97-14)40(7)66(99-44(11)84)42(9)63(89)41(8)62(88)38(5)17-15-18-39(6)70(93)81-61(68)65(56)91/h15,17-18,20-23,28,32-34,36-38,40-42,47,49,52,57-58,62-63,66,88-90H,16,19,24-27,29-31,35H2,1-14H3,(H,77,94)(H,78,95)(H,79,87)(H,81,93)(H3,75,76,96)/b17-15+,32-28+,39-18-/t38-,40+,41+,42+,49-,52-,57?,58-,62-,63+,66+,74-/m0/s1. The lowest BCUT2D eigenvalue weighted by Crippen LogP contribution is -2.54. The molecule has 4 heterocycles. The van der Waals surface area contributed by atoms with E-state index in [0.717, 1.165) is 5.56 Å². The Morgan fingerprint density at radius 1 is 0.891 bits per heavy atom. The fraction of sp³-hybridized carbons (Fsp3) is 0.527. The lowest BCUT2D eigenvalue weighted by atomic mass is 9.78. The number of methoxy groups -OCH3 is 1. The average molecular weight is 1400 g/mol. The van der Waals surface area contributed by atoms with Gasteiger partial charge < -0.3 is 75.9 Å². The summed E-state index contributed by atoms with van der Waals surface area (Å²) in [5, 5.41) is 48.5. The number of aromatic nitrogens is 1. The summed E-state index contributed by atoms with van der Waals surface area (Å²) >= 11 is 0. The van der Waals surface area contributed by atoms with Crippen LogP contribution in [-0.2, 0) is 59.1 Å². The number of nitrogens with one attached hydrogen (secondary N) is 5. The van der Waals surface area contributed by atoms with Crippen LogP contribution in [0.15, 0.2) is 97.9 Å². The number of nitrogens with zero attached hydrogens (tertiary/aromatic N) is 3. The van der Waals surface area contributed by atoms with Crippen molar-refractivity contribution >= 4 is 92.2 Å². The van der Waals surface area contributed by atoms with Gasteiger partial charge in [-0.2, -0.15) is 0 Å². The van der Waals surface area contributed by atoms with E-state index in [9.17, 15) is 53.7 Å². The number of carbonyl (C=O) groups is 8. The molecule has 12 atom stereocenters. The van der Waals surface area contributed by atoms with E-state index in [1.54, 1.807) is 85.7 Å². The smallest absolute Gasteiger partial charge is 0.312 e. The Morgan fingerprint density at radius 3 is 2.21 bits per heavy atom. The van der Waals surface area contributed by atoms with E-state index >= 15 is 9.59 Å². The predicted molar refractivity (Wildman–Crippen MR) is 378 cm³/mol. The number of carbonyl (C=O) groups excluding carboxylic acids is 8. The fourth-order valence-electron chi connectivity index (χ4n) is 13.5. The number of allylic oxidation sites excluding steroid dienone is 3. The molecule has 0 saturated carbocycles. The van der Waals surface area contributed by atoms with Crippen LogP contribution < -0.4 is 53.3 Å². The van der Waals surface area contributed by atoms with Crippen LogP contribution in [-0.4, -0.2) is 155 Å². The van der Waals surface area contributed by atoms with Crippen LogP contribution in [0.5, 0.6) is 0 Å².